The van der Waals surface area contributed by atoms with Crippen molar-refractivity contribution in [3.63, 3.8) is 0 Å². The van der Waals surface area contributed by atoms with Gasteiger partial charge in [0.15, 0.2) is 12.1 Å². The third-order valence-electron chi connectivity index (χ3n) is 9.79. The number of rotatable bonds is 43. The minimum absolute atomic E-state index is 0.0212. The molecule has 0 aromatic carbocycles. The summed E-state index contributed by atoms with van der Waals surface area (Å²) in [6, 6.07) is 0. The summed E-state index contributed by atoms with van der Waals surface area (Å²) in [5, 5.41) is 12.6. The van der Waals surface area contributed by atoms with E-state index in [9.17, 15) is 29.1 Å². The summed E-state index contributed by atoms with van der Waals surface area (Å²) in [4.78, 5) is 63.0. The molecule has 0 bridgehead atoms. The first-order valence-electron chi connectivity index (χ1n) is 22.5. The lowest BCUT2D eigenvalue weighted by molar-refractivity contribution is -0.162. The van der Waals surface area contributed by atoms with Gasteiger partial charge in [-0.15, -0.1) is 0 Å². The highest BCUT2D eigenvalue weighted by molar-refractivity contribution is 5.99. The maximum atomic E-state index is 13.2. The van der Waals surface area contributed by atoms with Crippen LogP contribution in [0.2, 0.25) is 0 Å². The average Bonchev–Trinajstić information content (AvgIpc) is 3.18. The molecule has 0 fully saturated rings. The highest BCUT2D eigenvalue weighted by Gasteiger charge is 2.33. The van der Waals surface area contributed by atoms with Crippen LogP contribution in [-0.4, -0.2) is 120 Å². The fourth-order valence-corrected chi connectivity index (χ4v) is 6.35. The molecule has 0 rings (SSSR count). The van der Waals surface area contributed by atoms with Crippen LogP contribution in [0.25, 0.3) is 0 Å². The summed E-state index contributed by atoms with van der Waals surface area (Å²) in [7, 11) is 3.08. The number of esters is 1. The van der Waals surface area contributed by atoms with E-state index in [1.807, 2.05) is 0 Å². The van der Waals surface area contributed by atoms with E-state index in [0.717, 1.165) is 19.3 Å². The molecule has 1 amide bonds. The highest BCUT2D eigenvalue weighted by Crippen LogP contribution is 2.23. The predicted molar refractivity (Wildman–Crippen MR) is 227 cm³/mol. The minimum Gasteiger partial charge on any atom is -0.481 e. The van der Waals surface area contributed by atoms with Crippen LogP contribution < -0.4 is 5.32 Å². The molecule has 0 radical (unpaired) electrons. The van der Waals surface area contributed by atoms with E-state index in [2.05, 4.69) is 12.2 Å². The van der Waals surface area contributed by atoms with Gasteiger partial charge in [-0.2, -0.15) is 0 Å². The monoisotopic (exact) mass is 846 g/mol. The number of hydrogen-bond acceptors (Lipinski definition) is 12. The smallest absolute Gasteiger partial charge is 0.314 e. The van der Waals surface area contributed by atoms with Gasteiger partial charge in [0.2, 0.25) is 5.91 Å². The Hall–Kier alpha value is -2.49. The minimum atomic E-state index is -1.19. The van der Waals surface area contributed by atoms with Gasteiger partial charge < -0.3 is 43.6 Å². The van der Waals surface area contributed by atoms with Crippen molar-refractivity contribution >= 4 is 29.4 Å². The fourth-order valence-electron chi connectivity index (χ4n) is 6.35. The zero-order valence-corrected chi connectivity index (χ0v) is 37.8. The van der Waals surface area contributed by atoms with Gasteiger partial charge in [-0.05, 0) is 40.0 Å². The van der Waals surface area contributed by atoms with Gasteiger partial charge in [0.05, 0.1) is 45.6 Å². The van der Waals surface area contributed by atoms with Gasteiger partial charge in [0.25, 0.3) is 0 Å². The summed E-state index contributed by atoms with van der Waals surface area (Å²) in [6.45, 7) is 9.83. The normalized spacial score (nSPS) is 12.7. The van der Waals surface area contributed by atoms with Gasteiger partial charge in [-0.3, -0.25) is 24.0 Å². The summed E-state index contributed by atoms with van der Waals surface area (Å²) in [5.74, 6) is -4.81. The number of carboxylic acid groups (broad SMARTS) is 1. The molecule has 2 N–H and O–H groups in total. The standard InChI is InChI=1S/C45H83NO13/c1-7-8-9-10-11-12-13-14-15-16-17-18-19-20-21-24-39(43(50)51)40(48)34-37(44(52)59-45(2,3)4)25-26-41(49)46-27-29-56-31-32-57-35-38(47)23-22-28-55-30-33-58-36-42(53-5)54-6/h37,39,42H,7-36H2,1-6H3,(H,46,49)(H,50,51). The Kier molecular flexibility index (Phi) is 36.8. The van der Waals surface area contributed by atoms with Crippen molar-refractivity contribution in [2.75, 3.05) is 73.6 Å². The Balaban J connectivity index is 4.31. The molecule has 0 saturated heterocycles. The molecule has 0 aliphatic rings. The number of ketones is 2. The lowest BCUT2D eigenvalue weighted by Gasteiger charge is -2.24. The van der Waals surface area contributed by atoms with Crippen molar-refractivity contribution in [1.29, 1.82) is 0 Å². The predicted octanol–water partition coefficient (Wildman–Crippen LogP) is 7.80. The third kappa shape index (κ3) is 35.9. The molecule has 0 aromatic rings. The number of carboxylic acids is 1. The Morgan fingerprint density at radius 1 is 0.610 bits per heavy atom. The van der Waals surface area contributed by atoms with Gasteiger partial charge in [-0.25, -0.2) is 0 Å². The molecule has 346 valence electrons. The van der Waals surface area contributed by atoms with Gasteiger partial charge >= 0.3 is 11.9 Å². The average molecular weight is 846 g/mol. The van der Waals surface area contributed by atoms with Crippen molar-refractivity contribution in [3.8, 4) is 0 Å². The van der Waals surface area contributed by atoms with E-state index in [4.69, 9.17) is 33.2 Å². The second-order valence-electron chi connectivity index (χ2n) is 16.3. The highest BCUT2D eigenvalue weighted by atomic mass is 16.7. The van der Waals surface area contributed by atoms with Crippen LogP contribution in [0.5, 0.6) is 0 Å². The molecule has 2 unspecified atom stereocenters. The Morgan fingerprint density at radius 2 is 1.14 bits per heavy atom. The molecule has 0 aliphatic carbocycles. The number of nitrogens with one attached hydrogen (secondary N) is 1. The second-order valence-corrected chi connectivity index (χ2v) is 16.3. The molecule has 14 nitrogen and oxygen atoms in total. The maximum absolute atomic E-state index is 13.2. The molecular formula is C45H83NO13. The number of carbonyl (C=O) groups is 5. The molecule has 0 heterocycles. The van der Waals surface area contributed by atoms with Gasteiger partial charge in [0.1, 0.15) is 23.9 Å². The molecule has 0 saturated carbocycles. The van der Waals surface area contributed by atoms with Crippen molar-refractivity contribution in [1.82, 2.24) is 5.32 Å². The quantitative estimate of drug-likeness (QED) is 0.0263. The first kappa shape index (κ1) is 56.5. The Morgan fingerprint density at radius 3 is 1.68 bits per heavy atom. The largest absolute Gasteiger partial charge is 0.481 e. The van der Waals surface area contributed by atoms with Gasteiger partial charge in [0, 0.05) is 46.6 Å². The number of Topliss-reactive ketones (excluding diaryl/α,β-unsaturated/α-hetero) is 2. The Labute approximate surface area is 356 Å². The summed E-state index contributed by atoms with van der Waals surface area (Å²) < 4.78 is 37.3. The van der Waals surface area contributed by atoms with E-state index < -0.39 is 41.4 Å². The first-order chi connectivity index (χ1) is 28.3. The number of aliphatic carboxylic acids is 1. The summed E-state index contributed by atoms with van der Waals surface area (Å²) in [6.07, 6.45) is 18.4. The van der Waals surface area contributed by atoms with Crippen molar-refractivity contribution in [3.05, 3.63) is 0 Å². The van der Waals surface area contributed by atoms with Crippen LogP contribution in [-0.2, 0) is 57.1 Å². The topological polar surface area (TPSA) is 182 Å². The summed E-state index contributed by atoms with van der Waals surface area (Å²) >= 11 is 0. The lowest BCUT2D eigenvalue weighted by Crippen LogP contribution is -2.34. The van der Waals surface area contributed by atoms with E-state index in [-0.39, 0.29) is 70.3 Å². The third-order valence-corrected chi connectivity index (χ3v) is 9.79. The van der Waals surface area contributed by atoms with Crippen molar-refractivity contribution < 1.29 is 62.2 Å². The van der Waals surface area contributed by atoms with Crippen LogP contribution in [0.3, 0.4) is 0 Å². The Bertz CT molecular complexity index is 1080. The molecule has 2 atom stereocenters. The van der Waals surface area contributed by atoms with Crippen LogP contribution in [0, 0.1) is 11.8 Å². The summed E-state index contributed by atoms with van der Waals surface area (Å²) in [5.41, 5.74) is -0.805. The lowest BCUT2D eigenvalue weighted by atomic mass is 9.88. The zero-order valence-electron chi connectivity index (χ0n) is 37.8. The SMILES string of the molecule is CCCCCCCCCCCCCCCCCC(C(=O)O)C(=O)CC(CCC(=O)NCCOCCOCC(=O)CCCOCCOCC(OC)OC)C(=O)OC(C)(C)C. The van der Waals surface area contributed by atoms with Crippen LogP contribution >= 0.6 is 0 Å². The van der Waals surface area contributed by atoms with Gasteiger partial charge in [-0.1, -0.05) is 103 Å². The molecule has 59 heavy (non-hydrogen) atoms. The van der Waals surface area contributed by atoms with E-state index in [1.165, 1.54) is 84.8 Å². The van der Waals surface area contributed by atoms with E-state index in [0.29, 0.717) is 45.7 Å². The molecule has 0 spiro atoms. The van der Waals surface area contributed by atoms with Crippen molar-refractivity contribution in [2.45, 2.75) is 174 Å². The molecular weight excluding hydrogens is 762 g/mol. The first-order valence-corrected chi connectivity index (χ1v) is 22.5. The molecule has 0 aliphatic heterocycles. The number of hydrogen-bond donors (Lipinski definition) is 2. The van der Waals surface area contributed by atoms with Crippen LogP contribution in [0.1, 0.15) is 163 Å². The van der Waals surface area contributed by atoms with E-state index >= 15 is 0 Å². The fraction of sp³-hybridized carbons (Fsp3) is 0.889. The molecule has 0 aromatic heterocycles. The number of carbonyl (C=O) groups excluding carboxylic acids is 4. The van der Waals surface area contributed by atoms with Crippen molar-refractivity contribution in [2.24, 2.45) is 11.8 Å². The number of unbranched alkanes of at least 4 members (excludes halogenated alkanes) is 14. The van der Waals surface area contributed by atoms with Crippen LogP contribution in [0.15, 0.2) is 0 Å². The number of amides is 1. The number of methoxy groups -OCH3 is 2. The second kappa shape index (κ2) is 38.4. The number of ether oxygens (including phenoxy) is 7. The zero-order chi connectivity index (χ0) is 44.0. The maximum Gasteiger partial charge on any atom is 0.314 e. The van der Waals surface area contributed by atoms with Crippen LogP contribution in [0.4, 0.5) is 0 Å². The van der Waals surface area contributed by atoms with E-state index in [1.54, 1.807) is 20.8 Å². The molecule has 14 heteroatoms.